The van der Waals surface area contributed by atoms with Gasteiger partial charge in [-0.2, -0.15) is 10.1 Å². The average molecular weight is 371 g/mol. The van der Waals surface area contributed by atoms with E-state index in [9.17, 15) is 4.79 Å². The van der Waals surface area contributed by atoms with Crippen LogP contribution in [0.3, 0.4) is 0 Å². The molecule has 132 valence electrons. The summed E-state index contributed by atoms with van der Waals surface area (Å²) in [6, 6.07) is 8.54. The number of carbonyl (C=O) groups excluding carboxylic acids is 1. The maximum atomic E-state index is 11.7. The second kappa shape index (κ2) is 8.21. The number of nitrogens with one attached hydrogen (secondary N) is 2. The number of methoxy groups -OCH3 is 1. The first kappa shape index (κ1) is 17.6. The third kappa shape index (κ3) is 4.42. The Hall–Kier alpha value is -3.26. The topological polar surface area (TPSA) is 102 Å². The van der Waals surface area contributed by atoms with Gasteiger partial charge in [-0.3, -0.25) is 4.98 Å². The standard InChI is InChI=1S/C17H15ClN6O2/c1-26-16(25)12-4-5-13(18)14(7-12)22-17-23-15(10-21-24-17)20-9-11-3-2-6-19-8-11/h2-8,10H,9H2,1H3,(H2,20,22,23,24). The summed E-state index contributed by atoms with van der Waals surface area (Å²) >= 11 is 6.16. The number of carbonyl (C=O) groups is 1. The van der Waals surface area contributed by atoms with Gasteiger partial charge in [0.15, 0.2) is 5.82 Å². The molecule has 9 heteroatoms. The van der Waals surface area contributed by atoms with Crippen LogP contribution in [0.1, 0.15) is 15.9 Å². The molecule has 0 saturated carbocycles. The first-order valence-electron chi connectivity index (χ1n) is 7.63. The minimum Gasteiger partial charge on any atom is -0.465 e. The van der Waals surface area contributed by atoms with Crippen LogP contribution in [-0.2, 0) is 11.3 Å². The number of benzene rings is 1. The number of nitrogens with zero attached hydrogens (tertiary/aromatic N) is 4. The van der Waals surface area contributed by atoms with E-state index in [1.54, 1.807) is 30.6 Å². The third-order valence-corrected chi connectivity index (χ3v) is 3.72. The third-order valence-electron chi connectivity index (χ3n) is 3.39. The molecule has 3 aromatic rings. The van der Waals surface area contributed by atoms with Crippen molar-refractivity contribution in [3.05, 3.63) is 65.1 Å². The quantitative estimate of drug-likeness (QED) is 0.638. The van der Waals surface area contributed by atoms with Crippen molar-refractivity contribution in [3.8, 4) is 0 Å². The number of anilines is 3. The molecule has 0 aliphatic carbocycles. The lowest BCUT2D eigenvalue weighted by Gasteiger charge is -2.10. The Morgan fingerprint density at radius 2 is 2.15 bits per heavy atom. The van der Waals surface area contributed by atoms with Crippen molar-refractivity contribution in [1.82, 2.24) is 20.2 Å². The Kier molecular flexibility index (Phi) is 5.55. The van der Waals surface area contributed by atoms with Crippen LogP contribution >= 0.6 is 11.6 Å². The van der Waals surface area contributed by atoms with Gasteiger partial charge in [0.2, 0.25) is 5.95 Å². The van der Waals surface area contributed by atoms with Gasteiger partial charge in [0, 0.05) is 18.9 Å². The maximum Gasteiger partial charge on any atom is 0.337 e. The van der Waals surface area contributed by atoms with Crippen LogP contribution in [0, 0.1) is 0 Å². The van der Waals surface area contributed by atoms with Crippen LogP contribution in [0.5, 0.6) is 0 Å². The summed E-state index contributed by atoms with van der Waals surface area (Å²) in [5.74, 6) is 0.312. The van der Waals surface area contributed by atoms with Crippen molar-refractivity contribution in [3.63, 3.8) is 0 Å². The van der Waals surface area contributed by atoms with Crippen molar-refractivity contribution in [2.75, 3.05) is 17.7 Å². The van der Waals surface area contributed by atoms with Gasteiger partial charge >= 0.3 is 5.97 Å². The number of pyridine rings is 1. The zero-order valence-electron chi connectivity index (χ0n) is 13.8. The fourth-order valence-electron chi connectivity index (χ4n) is 2.12. The molecule has 3 rings (SSSR count). The first-order valence-corrected chi connectivity index (χ1v) is 8.01. The second-order valence-electron chi connectivity index (χ2n) is 5.19. The summed E-state index contributed by atoms with van der Waals surface area (Å²) in [6.45, 7) is 0.546. The molecule has 0 atom stereocenters. The zero-order valence-corrected chi connectivity index (χ0v) is 14.6. The number of halogens is 1. The molecule has 0 unspecified atom stereocenters. The molecule has 0 radical (unpaired) electrons. The van der Waals surface area contributed by atoms with E-state index in [-0.39, 0.29) is 5.95 Å². The van der Waals surface area contributed by atoms with Crippen molar-refractivity contribution < 1.29 is 9.53 Å². The van der Waals surface area contributed by atoms with E-state index in [2.05, 4.69) is 30.8 Å². The summed E-state index contributed by atoms with van der Waals surface area (Å²) in [6.07, 6.45) is 4.98. The van der Waals surface area contributed by atoms with Crippen LogP contribution < -0.4 is 10.6 Å². The van der Waals surface area contributed by atoms with Gasteiger partial charge < -0.3 is 15.4 Å². The second-order valence-corrected chi connectivity index (χ2v) is 5.60. The normalized spacial score (nSPS) is 10.2. The predicted octanol–water partition coefficient (Wildman–Crippen LogP) is 3.06. The van der Waals surface area contributed by atoms with E-state index in [1.165, 1.54) is 13.3 Å². The molecular weight excluding hydrogens is 356 g/mol. The molecular formula is C17H15ClN6O2. The predicted molar refractivity (Wildman–Crippen MR) is 97.5 cm³/mol. The largest absolute Gasteiger partial charge is 0.465 e. The molecule has 1 aromatic carbocycles. The molecule has 0 aliphatic rings. The Morgan fingerprint density at radius 3 is 2.92 bits per heavy atom. The molecule has 0 fully saturated rings. The van der Waals surface area contributed by atoms with E-state index >= 15 is 0 Å². The zero-order chi connectivity index (χ0) is 18.4. The summed E-state index contributed by atoms with van der Waals surface area (Å²) in [4.78, 5) is 20.0. The summed E-state index contributed by atoms with van der Waals surface area (Å²) in [7, 11) is 1.31. The van der Waals surface area contributed by atoms with Crippen molar-refractivity contribution in [1.29, 1.82) is 0 Å². The minimum absolute atomic E-state index is 0.241. The van der Waals surface area contributed by atoms with Gasteiger partial charge in [0.25, 0.3) is 0 Å². The number of aromatic nitrogens is 4. The molecule has 0 saturated heterocycles. The SMILES string of the molecule is COC(=O)c1ccc(Cl)c(Nc2nncc(NCc3cccnc3)n2)c1. The molecule has 2 N–H and O–H groups in total. The molecule has 2 aromatic heterocycles. The van der Waals surface area contributed by atoms with Gasteiger partial charge in [-0.25, -0.2) is 4.79 Å². The van der Waals surface area contributed by atoms with Crippen LogP contribution in [0.25, 0.3) is 0 Å². The summed E-state index contributed by atoms with van der Waals surface area (Å²) < 4.78 is 4.71. The lowest BCUT2D eigenvalue weighted by Crippen LogP contribution is -2.07. The maximum absolute atomic E-state index is 11.7. The van der Waals surface area contributed by atoms with Crippen molar-refractivity contribution >= 4 is 35.0 Å². The molecule has 8 nitrogen and oxygen atoms in total. The van der Waals surface area contributed by atoms with Crippen LogP contribution in [0.2, 0.25) is 5.02 Å². The molecule has 2 heterocycles. The van der Waals surface area contributed by atoms with E-state index in [0.717, 1.165) is 5.56 Å². The number of hydrogen-bond acceptors (Lipinski definition) is 8. The molecule has 0 bridgehead atoms. The Balaban J connectivity index is 1.73. The Labute approximate surface area is 154 Å². The highest BCUT2D eigenvalue weighted by Gasteiger charge is 2.10. The number of esters is 1. The van der Waals surface area contributed by atoms with E-state index in [1.807, 2.05) is 12.1 Å². The van der Waals surface area contributed by atoms with Gasteiger partial charge in [-0.15, -0.1) is 5.10 Å². The first-order chi connectivity index (χ1) is 12.7. The van der Waals surface area contributed by atoms with E-state index in [4.69, 9.17) is 16.3 Å². The molecule has 0 aliphatic heterocycles. The fourth-order valence-corrected chi connectivity index (χ4v) is 2.29. The average Bonchev–Trinajstić information content (AvgIpc) is 2.68. The molecule has 0 amide bonds. The molecule has 26 heavy (non-hydrogen) atoms. The van der Waals surface area contributed by atoms with Gasteiger partial charge in [-0.05, 0) is 29.8 Å². The Bertz CT molecular complexity index is 907. The van der Waals surface area contributed by atoms with E-state index in [0.29, 0.717) is 28.6 Å². The molecule has 0 spiro atoms. The highest BCUT2D eigenvalue weighted by Crippen LogP contribution is 2.25. The summed E-state index contributed by atoms with van der Waals surface area (Å²) in [5.41, 5.74) is 1.84. The van der Waals surface area contributed by atoms with E-state index < -0.39 is 5.97 Å². The minimum atomic E-state index is -0.462. The lowest BCUT2D eigenvalue weighted by atomic mass is 10.2. The number of ether oxygens (including phenoxy) is 1. The fraction of sp³-hybridized carbons (Fsp3) is 0.118. The van der Waals surface area contributed by atoms with Gasteiger partial charge in [-0.1, -0.05) is 17.7 Å². The van der Waals surface area contributed by atoms with Crippen molar-refractivity contribution in [2.24, 2.45) is 0 Å². The number of rotatable bonds is 6. The summed E-state index contributed by atoms with van der Waals surface area (Å²) in [5, 5.41) is 14.3. The Morgan fingerprint density at radius 1 is 1.27 bits per heavy atom. The van der Waals surface area contributed by atoms with Gasteiger partial charge in [0.05, 0.1) is 29.6 Å². The van der Waals surface area contributed by atoms with Crippen molar-refractivity contribution in [2.45, 2.75) is 6.54 Å². The highest BCUT2D eigenvalue weighted by molar-refractivity contribution is 6.33. The van der Waals surface area contributed by atoms with Crippen LogP contribution in [0.4, 0.5) is 17.5 Å². The number of hydrogen-bond donors (Lipinski definition) is 2. The smallest absolute Gasteiger partial charge is 0.337 e. The highest BCUT2D eigenvalue weighted by atomic mass is 35.5. The monoisotopic (exact) mass is 370 g/mol. The van der Waals surface area contributed by atoms with Crippen LogP contribution in [0.15, 0.2) is 48.9 Å². The van der Waals surface area contributed by atoms with Gasteiger partial charge in [0.1, 0.15) is 0 Å². The van der Waals surface area contributed by atoms with Crippen LogP contribution in [-0.4, -0.2) is 33.2 Å². The lowest BCUT2D eigenvalue weighted by molar-refractivity contribution is 0.0601.